The molecule has 0 aliphatic carbocycles. The molecule has 0 spiro atoms. The van der Waals surface area contributed by atoms with Crippen LogP contribution in [-0.2, 0) is 4.74 Å². The topological polar surface area (TPSA) is 54.8 Å². The molecule has 8 heteroatoms. The fourth-order valence-corrected chi connectivity index (χ4v) is 6.22. The van der Waals surface area contributed by atoms with Crippen molar-refractivity contribution in [2.24, 2.45) is 0 Å². The van der Waals surface area contributed by atoms with Crippen LogP contribution in [0.15, 0.2) is 79.0 Å². The summed E-state index contributed by atoms with van der Waals surface area (Å²) in [5.41, 5.74) is 7.77. The normalized spacial score (nSPS) is 19.3. The van der Waals surface area contributed by atoms with Gasteiger partial charge in [-0.2, -0.15) is 0 Å². The number of methoxy groups -OCH3 is 1. The molecule has 2 aliphatic heterocycles. The van der Waals surface area contributed by atoms with Crippen molar-refractivity contribution in [3.63, 3.8) is 0 Å². The summed E-state index contributed by atoms with van der Waals surface area (Å²) in [6, 6.07) is 24.9. The second-order valence-electron chi connectivity index (χ2n) is 9.95. The SMILES string of the molecule is COc1ccccc1N1C(=S)N[C@@H](c2ccccn2)[C@@H]1c1cc(C)n(-c2ccc(N3CCOCC3)cc2)c1C. The van der Waals surface area contributed by atoms with E-state index in [-0.39, 0.29) is 12.1 Å². The van der Waals surface area contributed by atoms with Gasteiger partial charge in [0.2, 0.25) is 0 Å². The quantitative estimate of drug-likeness (QED) is 0.324. The van der Waals surface area contributed by atoms with Crippen molar-refractivity contribution in [2.45, 2.75) is 25.9 Å². The van der Waals surface area contributed by atoms with Crippen LogP contribution in [0.1, 0.15) is 34.7 Å². The number of nitrogens with zero attached hydrogens (tertiary/aromatic N) is 4. The Morgan fingerprint density at radius 1 is 0.949 bits per heavy atom. The van der Waals surface area contributed by atoms with Crippen LogP contribution >= 0.6 is 12.2 Å². The van der Waals surface area contributed by atoms with Gasteiger partial charge >= 0.3 is 0 Å². The van der Waals surface area contributed by atoms with Gasteiger partial charge in [-0.3, -0.25) is 4.98 Å². The molecule has 4 heterocycles. The van der Waals surface area contributed by atoms with Gasteiger partial charge in [0.15, 0.2) is 5.11 Å². The van der Waals surface area contributed by atoms with Gasteiger partial charge in [-0.15, -0.1) is 0 Å². The van der Waals surface area contributed by atoms with Crippen molar-refractivity contribution in [1.82, 2.24) is 14.9 Å². The summed E-state index contributed by atoms with van der Waals surface area (Å²) < 4.78 is 13.6. The van der Waals surface area contributed by atoms with Crippen molar-refractivity contribution in [2.75, 3.05) is 43.2 Å². The summed E-state index contributed by atoms with van der Waals surface area (Å²) >= 11 is 5.95. The van der Waals surface area contributed by atoms with Crippen LogP contribution in [-0.4, -0.2) is 48.1 Å². The maximum atomic E-state index is 5.95. The first-order chi connectivity index (χ1) is 19.1. The molecule has 7 nitrogen and oxygen atoms in total. The third-order valence-corrected chi connectivity index (χ3v) is 8.03. The molecule has 2 saturated heterocycles. The van der Waals surface area contributed by atoms with E-state index in [9.17, 15) is 0 Å². The minimum atomic E-state index is -0.124. The molecule has 0 saturated carbocycles. The summed E-state index contributed by atoms with van der Waals surface area (Å²) in [4.78, 5) is 9.27. The maximum Gasteiger partial charge on any atom is 0.174 e. The zero-order valence-electron chi connectivity index (χ0n) is 22.5. The minimum absolute atomic E-state index is 0.115. The predicted octanol–water partition coefficient (Wildman–Crippen LogP) is 5.51. The Kier molecular flexibility index (Phi) is 6.97. The zero-order valence-corrected chi connectivity index (χ0v) is 23.3. The third-order valence-electron chi connectivity index (χ3n) is 7.72. The largest absolute Gasteiger partial charge is 0.495 e. The van der Waals surface area contributed by atoms with Crippen LogP contribution in [0.5, 0.6) is 5.75 Å². The van der Waals surface area contributed by atoms with Crippen LogP contribution in [0.4, 0.5) is 11.4 Å². The predicted molar refractivity (Wildman–Crippen MR) is 159 cm³/mol. The number of nitrogens with one attached hydrogen (secondary N) is 1. The van der Waals surface area contributed by atoms with Gasteiger partial charge in [0.05, 0.1) is 43.8 Å². The lowest BCUT2D eigenvalue weighted by molar-refractivity contribution is 0.122. The van der Waals surface area contributed by atoms with Gasteiger partial charge in [0.25, 0.3) is 0 Å². The molecule has 0 unspecified atom stereocenters. The number of thiocarbonyl (C=S) groups is 1. The van der Waals surface area contributed by atoms with E-state index in [0.717, 1.165) is 49.1 Å². The number of para-hydroxylation sites is 2. The molecular formula is C31H33N5O2S. The smallest absolute Gasteiger partial charge is 0.174 e. The highest BCUT2D eigenvalue weighted by molar-refractivity contribution is 7.80. The molecule has 2 aliphatic rings. The monoisotopic (exact) mass is 539 g/mol. The number of ether oxygens (including phenoxy) is 2. The summed E-state index contributed by atoms with van der Waals surface area (Å²) in [6.45, 7) is 7.75. The molecule has 0 radical (unpaired) electrons. The molecule has 6 rings (SSSR count). The standard InChI is InChI=1S/C31H33N5O2S/c1-21-20-25(22(2)35(21)24-13-11-23(12-14-24)34-16-18-38-19-17-34)30-29(26-8-6-7-15-32-26)33-31(39)36(30)27-9-4-5-10-28(27)37-3/h4-15,20,29-30H,16-19H2,1-3H3,(H,33,39)/t29-,30-/m0/s1. The Morgan fingerprint density at radius 3 is 2.38 bits per heavy atom. The van der Waals surface area contributed by atoms with Crippen LogP contribution in [0, 0.1) is 13.8 Å². The van der Waals surface area contributed by atoms with Gasteiger partial charge < -0.3 is 29.2 Å². The first-order valence-corrected chi connectivity index (χ1v) is 13.7. The van der Waals surface area contributed by atoms with Crippen LogP contribution in [0.3, 0.4) is 0 Å². The molecule has 2 atom stereocenters. The second kappa shape index (κ2) is 10.7. The van der Waals surface area contributed by atoms with Gasteiger partial charge in [0, 0.05) is 42.0 Å². The number of anilines is 2. The lowest BCUT2D eigenvalue weighted by atomic mass is 9.96. The lowest BCUT2D eigenvalue weighted by Crippen LogP contribution is -2.36. The number of pyridine rings is 1. The van der Waals surface area contributed by atoms with E-state index >= 15 is 0 Å². The van der Waals surface area contributed by atoms with Crippen molar-refractivity contribution >= 4 is 28.7 Å². The highest BCUT2D eigenvalue weighted by Gasteiger charge is 2.43. The van der Waals surface area contributed by atoms with E-state index in [2.05, 4.69) is 76.0 Å². The Balaban J connectivity index is 1.43. The van der Waals surface area contributed by atoms with E-state index in [4.69, 9.17) is 26.7 Å². The second-order valence-corrected chi connectivity index (χ2v) is 10.3. The fraction of sp³-hybridized carbons (Fsp3) is 0.290. The number of benzene rings is 2. The number of aromatic nitrogens is 2. The number of aryl methyl sites for hydroxylation is 1. The summed E-state index contributed by atoms with van der Waals surface area (Å²) in [6.07, 6.45) is 1.84. The molecule has 1 N–H and O–H groups in total. The Labute approximate surface area is 235 Å². The molecule has 2 fully saturated rings. The Hall–Kier alpha value is -3.88. The molecule has 4 aromatic rings. The van der Waals surface area contributed by atoms with Crippen LogP contribution < -0.4 is 19.9 Å². The van der Waals surface area contributed by atoms with Crippen molar-refractivity contribution in [3.8, 4) is 11.4 Å². The first-order valence-electron chi connectivity index (χ1n) is 13.3. The van der Waals surface area contributed by atoms with Gasteiger partial charge in [-0.1, -0.05) is 18.2 Å². The number of morpholine rings is 1. The number of rotatable bonds is 6. The first kappa shape index (κ1) is 25.4. The number of hydrogen-bond donors (Lipinski definition) is 1. The molecular weight excluding hydrogens is 506 g/mol. The molecule has 39 heavy (non-hydrogen) atoms. The van der Waals surface area contributed by atoms with E-state index in [1.807, 2.05) is 36.5 Å². The maximum absolute atomic E-state index is 5.95. The van der Waals surface area contributed by atoms with Gasteiger partial charge in [-0.05, 0) is 86.2 Å². The average molecular weight is 540 g/mol. The van der Waals surface area contributed by atoms with Crippen LogP contribution in [0.25, 0.3) is 5.69 Å². The van der Waals surface area contributed by atoms with Crippen molar-refractivity contribution in [3.05, 3.63) is 102 Å². The fourth-order valence-electron chi connectivity index (χ4n) is 5.88. The molecule has 2 aromatic heterocycles. The van der Waals surface area contributed by atoms with E-state index in [1.165, 1.54) is 22.6 Å². The summed E-state index contributed by atoms with van der Waals surface area (Å²) in [5, 5.41) is 4.23. The molecule has 2 aromatic carbocycles. The van der Waals surface area contributed by atoms with E-state index in [1.54, 1.807) is 7.11 Å². The van der Waals surface area contributed by atoms with E-state index in [0.29, 0.717) is 5.11 Å². The molecule has 0 bridgehead atoms. The average Bonchev–Trinajstić information content (AvgIpc) is 3.48. The van der Waals surface area contributed by atoms with Crippen molar-refractivity contribution in [1.29, 1.82) is 0 Å². The lowest BCUT2D eigenvalue weighted by Gasteiger charge is -2.29. The van der Waals surface area contributed by atoms with Crippen LogP contribution in [0.2, 0.25) is 0 Å². The Bertz CT molecular complexity index is 1460. The minimum Gasteiger partial charge on any atom is -0.495 e. The highest BCUT2D eigenvalue weighted by Crippen LogP contribution is 2.46. The van der Waals surface area contributed by atoms with Crippen molar-refractivity contribution < 1.29 is 9.47 Å². The number of hydrogen-bond acceptors (Lipinski definition) is 5. The molecule has 0 amide bonds. The summed E-state index contributed by atoms with van der Waals surface area (Å²) in [7, 11) is 1.70. The Morgan fingerprint density at radius 2 is 1.67 bits per heavy atom. The summed E-state index contributed by atoms with van der Waals surface area (Å²) in [5.74, 6) is 0.779. The van der Waals surface area contributed by atoms with Gasteiger partial charge in [-0.25, -0.2) is 0 Å². The zero-order chi connectivity index (χ0) is 26.9. The van der Waals surface area contributed by atoms with E-state index < -0.39 is 0 Å². The highest BCUT2D eigenvalue weighted by atomic mass is 32.1. The molecule has 200 valence electrons. The van der Waals surface area contributed by atoms with Gasteiger partial charge in [0.1, 0.15) is 5.75 Å². The third kappa shape index (κ3) is 4.64.